The number of nitrogens with two attached hydrogens (primary N) is 1. The molecule has 0 saturated carbocycles. The zero-order valence-electron chi connectivity index (χ0n) is 11.4. The van der Waals surface area contributed by atoms with Gasteiger partial charge in [-0.15, -0.1) is 0 Å². The van der Waals surface area contributed by atoms with Crippen molar-refractivity contribution in [3.63, 3.8) is 0 Å². The molecule has 1 fully saturated rings. The smallest absolute Gasteiger partial charge is 0.242 e. The predicted molar refractivity (Wildman–Crippen MR) is 72.0 cm³/mol. The number of carbonyl (C=O) groups excluding carboxylic acids is 2. The van der Waals surface area contributed by atoms with Crippen LogP contribution < -0.4 is 5.73 Å². The summed E-state index contributed by atoms with van der Waals surface area (Å²) in [4.78, 5) is 26.8. The van der Waals surface area contributed by atoms with Crippen molar-refractivity contribution in [2.45, 2.75) is 19.5 Å². The topological polar surface area (TPSA) is 66.6 Å². The van der Waals surface area contributed by atoms with E-state index in [0.29, 0.717) is 19.6 Å². The standard InChI is InChI=1S/C14H18FN3O2/c1-10(16)14(20)18-6-5-17(13(19)9-18)8-11-3-2-4-12(15)7-11/h2-4,7,10H,5-6,8-9,16H2,1H3/t10-/m1/s1. The second-order valence-electron chi connectivity index (χ2n) is 4.99. The third-order valence-electron chi connectivity index (χ3n) is 3.28. The van der Waals surface area contributed by atoms with Crippen molar-refractivity contribution in [2.24, 2.45) is 5.73 Å². The Labute approximate surface area is 117 Å². The van der Waals surface area contributed by atoms with Gasteiger partial charge in [-0.3, -0.25) is 9.59 Å². The first-order valence-electron chi connectivity index (χ1n) is 6.54. The van der Waals surface area contributed by atoms with Gasteiger partial charge in [0.2, 0.25) is 11.8 Å². The first-order valence-corrected chi connectivity index (χ1v) is 6.54. The van der Waals surface area contributed by atoms with Gasteiger partial charge in [0.1, 0.15) is 5.82 Å². The Bertz CT molecular complexity index is 519. The zero-order valence-corrected chi connectivity index (χ0v) is 11.4. The van der Waals surface area contributed by atoms with Crippen LogP contribution in [0.1, 0.15) is 12.5 Å². The fourth-order valence-electron chi connectivity index (χ4n) is 2.21. The molecule has 0 aliphatic carbocycles. The molecule has 1 atom stereocenters. The summed E-state index contributed by atoms with van der Waals surface area (Å²) in [7, 11) is 0. The highest BCUT2D eigenvalue weighted by atomic mass is 19.1. The molecule has 2 amide bonds. The van der Waals surface area contributed by atoms with Crippen LogP contribution in [0.4, 0.5) is 4.39 Å². The van der Waals surface area contributed by atoms with E-state index in [1.807, 2.05) is 0 Å². The van der Waals surface area contributed by atoms with Crippen LogP contribution in [0.3, 0.4) is 0 Å². The van der Waals surface area contributed by atoms with E-state index in [4.69, 9.17) is 5.73 Å². The van der Waals surface area contributed by atoms with Gasteiger partial charge in [-0.05, 0) is 24.6 Å². The van der Waals surface area contributed by atoms with Gasteiger partial charge in [-0.1, -0.05) is 12.1 Å². The molecule has 1 saturated heterocycles. The van der Waals surface area contributed by atoms with Crippen LogP contribution in [-0.2, 0) is 16.1 Å². The molecule has 2 rings (SSSR count). The minimum absolute atomic E-state index is 0.0374. The SMILES string of the molecule is C[C@@H](N)C(=O)N1CCN(Cc2cccc(F)c2)C(=O)C1. The summed E-state index contributed by atoms with van der Waals surface area (Å²) >= 11 is 0. The third-order valence-corrected chi connectivity index (χ3v) is 3.28. The molecule has 6 heteroatoms. The monoisotopic (exact) mass is 279 g/mol. The lowest BCUT2D eigenvalue weighted by atomic mass is 10.2. The van der Waals surface area contributed by atoms with E-state index in [-0.39, 0.29) is 24.2 Å². The average molecular weight is 279 g/mol. The molecule has 1 aromatic rings. The molecule has 108 valence electrons. The number of halogens is 1. The molecule has 1 aromatic carbocycles. The number of rotatable bonds is 3. The lowest BCUT2D eigenvalue weighted by molar-refractivity contribution is -0.146. The summed E-state index contributed by atoms with van der Waals surface area (Å²) < 4.78 is 13.1. The van der Waals surface area contributed by atoms with E-state index >= 15 is 0 Å². The molecule has 2 N–H and O–H groups in total. The quantitative estimate of drug-likeness (QED) is 0.868. The number of hydrogen-bond acceptors (Lipinski definition) is 3. The van der Waals surface area contributed by atoms with Crippen molar-refractivity contribution < 1.29 is 14.0 Å². The summed E-state index contributed by atoms with van der Waals surface area (Å²) in [6.45, 7) is 2.90. The minimum Gasteiger partial charge on any atom is -0.335 e. The van der Waals surface area contributed by atoms with Crippen molar-refractivity contribution in [2.75, 3.05) is 19.6 Å². The van der Waals surface area contributed by atoms with Gasteiger partial charge in [0.05, 0.1) is 12.6 Å². The molecule has 0 bridgehead atoms. The van der Waals surface area contributed by atoms with E-state index < -0.39 is 6.04 Å². The van der Waals surface area contributed by atoms with E-state index in [1.54, 1.807) is 24.0 Å². The number of carbonyl (C=O) groups is 2. The fraction of sp³-hybridized carbons (Fsp3) is 0.429. The molecule has 0 radical (unpaired) electrons. The first-order chi connectivity index (χ1) is 9.47. The van der Waals surface area contributed by atoms with E-state index in [1.165, 1.54) is 17.0 Å². The van der Waals surface area contributed by atoms with Crippen LogP contribution in [-0.4, -0.2) is 47.3 Å². The molecule has 0 unspecified atom stereocenters. The maximum absolute atomic E-state index is 13.1. The molecule has 20 heavy (non-hydrogen) atoms. The normalized spacial score (nSPS) is 17.2. The third kappa shape index (κ3) is 3.33. The summed E-state index contributed by atoms with van der Waals surface area (Å²) in [6, 6.07) is 5.57. The van der Waals surface area contributed by atoms with Gasteiger partial charge in [0, 0.05) is 19.6 Å². The number of hydrogen-bond donors (Lipinski definition) is 1. The molecular weight excluding hydrogens is 261 g/mol. The summed E-state index contributed by atoms with van der Waals surface area (Å²) in [5, 5.41) is 0. The van der Waals surface area contributed by atoms with Gasteiger partial charge < -0.3 is 15.5 Å². The van der Waals surface area contributed by atoms with E-state index in [0.717, 1.165) is 5.56 Å². The Balaban J connectivity index is 1.97. The zero-order chi connectivity index (χ0) is 14.7. The number of benzene rings is 1. The maximum Gasteiger partial charge on any atom is 0.242 e. The molecule has 5 nitrogen and oxygen atoms in total. The Kier molecular flexibility index (Phi) is 4.34. The van der Waals surface area contributed by atoms with Crippen molar-refractivity contribution in [3.8, 4) is 0 Å². The maximum atomic E-state index is 13.1. The lowest BCUT2D eigenvalue weighted by Gasteiger charge is -2.35. The summed E-state index contributed by atoms with van der Waals surface area (Å²) in [5.74, 6) is -0.681. The van der Waals surface area contributed by atoms with Gasteiger partial charge in [0.25, 0.3) is 0 Å². The van der Waals surface area contributed by atoms with Gasteiger partial charge in [-0.25, -0.2) is 4.39 Å². The number of piperazine rings is 1. The van der Waals surface area contributed by atoms with Crippen LogP contribution in [0.25, 0.3) is 0 Å². The minimum atomic E-state index is -0.599. The first kappa shape index (κ1) is 14.5. The fourth-order valence-corrected chi connectivity index (χ4v) is 2.21. The highest BCUT2D eigenvalue weighted by Gasteiger charge is 2.28. The Morgan fingerprint density at radius 3 is 2.80 bits per heavy atom. The van der Waals surface area contributed by atoms with Crippen molar-refractivity contribution in [1.82, 2.24) is 9.80 Å². The highest BCUT2D eigenvalue weighted by molar-refractivity contribution is 5.88. The summed E-state index contributed by atoms with van der Waals surface area (Å²) in [5.41, 5.74) is 6.27. The molecular formula is C14H18FN3O2. The van der Waals surface area contributed by atoms with Gasteiger partial charge in [-0.2, -0.15) is 0 Å². The van der Waals surface area contributed by atoms with Crippen LogP contribution >= 0.6 is 0 Å². The molecule has 1 aliphatic rings. The molecule has 0 aromatic heterocycles. The highest BCUT2D eigenvalue weighted by Crippen LogP contribution is 2.11. The Morgan fingerprint density at radius 1 is 1.45 bits per heavy atom. The van der Waals surface area contributed by atoms with Crippen LogP contribution in [0.15, 0.2) is 24.3 Å². The molecule has 1 heterocycles. The van der Waals surface area contributed by atoms with Gasteiger partial charge in [0.15, 0.2) is 0 Å². The second kappa shape index (κ2) is 6.00. The number of nitrogens with zero attached hydrogens (tertiary/aromatic N) is 2. The second-order valence-corrected chi connectivity index (χ2v) is 4.99. The van der Waals surface area contributed by atoms with Gasteiger partial charge >= 0.3 is 0 Å². The number of amides is 2. The molecule has 0 spiro atoms. The van der Waals surface area contributed by atoms with Crippen LogP contribution in [0.2, 0.25) is 0 Å². The largest absolute Gasteiger partial charge is 0.335 e. The molecule has 1 aliphatic heterocycles. The lowest BCUT2D eigenvalue weighted by Crippen LogP contribution is -2.54. The van der Waals surface area contributed by atoms with Crippen molar-refractivity contribution >= 4 is 11.8 Å². The Morgan fingerprint density at radius 2 is 2.20 bits per heavy atom. The van der Waals surface area contributed by atoms with Crippen molar-refractivity contribution in [3.05, 3.63) is 35.6 Å². The van der Waals surface area contributed by atoms with Crippen LogP contribution in [0.5, 0.6) is 0 Å². The van der Waals surface area contributed by atoms with E-state index in [9.17, 15) is 14.0 Å². The van der Waals surface area contributed by atoms with Crippen LogP contribution in [0, 0.1) is 5.82 Å². The average Bonchev–Trinajstić information content (AvgIpc) is 2.40. The summed E-state index contributed by atoms with van der Waals surface area (Å²) in [6.07, 6.45) is 0. The Hall–Kier alpha value is -1.95. The van der Waals surface area contributed by atoms with Crippen molar-refractivity contribution in [1.29, 1.82) is 0 Å². The van der Waals surface area contributed by atoms with E-state index in [2.05, 4.69) is 0 Å². The predicted octanol–water partition coefficient (Wildman–Crippen LogP) is 0.344.